The number of rotatable bonds is 11. The molecule has 2 heterocycles. The number of thioether (sulfide) groups is 1. The molecule has 404 valence electrons. The van der Waals surface area contributed by atoms with Crippen molar-refractivity contribution in [2.45, 2.75) is 73.7 Å². The highest BCUT2D eigenvalue weighted by atomic mass is 32.2. The number of aryl methyl sites for hydroxylation is 1. The van der Waals surface area contributed by atoms with Crippen molar-refractivity contribution in [1.29, 1.82) is 0 Å². The summed E-state index contributed by atoms with van der Waals surface area (Å²) in [6, 6.07) is 52.7. The van der Waals surface area contributed by atoms with Gasteiger partial charge in [0.05, 0.1) is 34.9 Å². The SMILES string of the molecule is C/C(=C\C=C(/C)c1ccc(N(c2ccc(-c3ccccc3)cc2)c2cccnc2)cc1C(F)(F)F)c1ccc(N(C2=CC=C(c3ccccc3)CC2)c2cccnc2)cc1C(F)(F)F.CC.CC.CSC.Cc1ccccc1. The van der Waals surface area contributed by atoms with Crippen molar-refractivity contribution in [2.24, 2.45) is 0 Å². The van der Waals surface area contributed by atoms with E-state index >= 15 is 0 Å². The third kappa shape index (κ3) is 16.8. The van der Waals surface area contributed by atoms with Crippen LogP contribution in [0, 0.1) is 6.92 Å². The number of halogens is 6. The van der Waals surface area contributed by atoms with E-state index in [-0.39, 0.29) is 28.0 Å². The van der Waals surface area contributed by atoms with Gasteiger partial charge in [0.25, 0.3) is 0 Å². The Bertz CT molecular complexity index is 3190. The van der Waals surface area contributed by atoms with E-state index in [4.69, 9.17) is 0 Å². The molecule has 9 rings (SSSR count). The Morgan fingerprint density at radius 1 is 0.462 bits per heavy atom. The Balaban J connectivity index is 0.000000714. The second kappa shape index (κ2) is 30.2. The Kier molecular flexibility index (Phi) is 23.6. The van der Waals surface area contributed by atoms with Crippen LogP contribution in [0.3, 0.4) is 0 Å². The van der Waals surface area contributed by atoms with Gasteiger partial charge in [-0.05, 0) is 157 Å². The van der Waals surface area contributed by atoms with Crippen molar-refractivity contribution < 1.29 is 26.3 Å². The molecule has 6 aromatic carbocycles. The molecular weight excluding hydrogens is 1010 g/mol. The molecule has 1 aliphatic carbocycles. The quantitative estimate of drug-likeness (QED) is 0.0952. The fourth-order valence-corrected chi connectivity index (χ4v) is 8.50. The van der Waals surface area contributed by atoms with Crippen molar-refractivity contribution in [2.75, 3.05) is 22.3 Å². The largest absolute Gasteiger partial charge is 0.417 e. The highest BCUT2D eigenvalue weighted by Gasteiger charge is 2.36. The predicted molar refractivity (Wildman–Crippen MR) is 320 cm³/mol. The molecule has 0 amide bonds. The van der Waals surface area contributed by atoms with Gasteiger partial charge in [-0.1, -0.05) is 167 Å². The summed E-state index contributed by atoms with van der Waals surface area (Å²) in [5.74, 6) is 0. The Morgan fingerprint density at radius 2 is 0.872 bits per heavy atom. The average Bonchev–Trinajstić information content (AvgIpc) is 3.50. The number of alkyl halides is 6. The molecule has 0 spiro atoms. The molecule has 0 atom stereocenters. The van der Waals surface area contributed by atoms with Gasteiger partial charge >= 0.3 is 12.4 Å². The number of hydrogen-bond donors (Lipinski definition) is 0. The molecule has 0 bridgehead atoms. The van der Waals surface area contributed by atoms with E-state index in [2.05, 4.69) is 29.0 Å². The highest BCUT2D eigenvalue weighted by Crippen LogP contribution is 2.44. The summed E-state index contributed by atoms with van der Waals surface area (Å²) in [5, 5.41) is 0. The van der Waals surface area contributed by atoms with E-state index in [1.54, 1.807) is 82.7 Å². The minimum atomic E-state index is -4.76. The summed E-state index contributed by atoms with van der Waals surface area (Å²) < 4.78 is 90.0. The van der Waals surface area contributed by atoms with E-state index in [1.165, 1.54) is 43.7 Å². The van der Waals surface area contributed by atoms with Gasteiger partial charge in [-0.2, -0.15) is 38.1 Å². The third-order valence-electron chi connectivity index (χ3n) is 12.1. The van der Waals surface area contributed by atoms with Crippen LogP contribution in [0.1, 0.15) is 87.8 Å². The first-order valence-electron chi connectivity index (χ1n) is 25.9. The van der Waals surface area contributed by atoms with Crippen LogP contribution in [0.2, 0.25) is 0 Å². The molecule has 0 N–H and O–H groups in total. The molecule has 0 saturated heterocycles. The monoisotopic (exact) mass is 1070 g/mol. The second-order valence-corrected chi connectivity index (χ2v) is 18.3. The maximum atomic E-state index is 15.0. The number of nitrogens with zero attached hydrogens (tertiary/aromatic N) is 4. The van der Waals surface area contributed by atoms with Crippen molar-refractivity contribution in [3.05, 3.63) is 264 Å². The highest BCUT2D eigenvalue weighted by molar-refractivity contribution is 7.97. The predicted octanol–water partition coefficient (Wildman–Crippen LogP) is 21.1. The summed E-state index contributed by atoms with van der Waals surface area (Å²) in [6.45, 7) is 13.1. The maximum Gasteiger partial charge on any atom is 0.417 e. The number of allylic oxidation sites excluding steroid dienone is 8. The molecule has 78 heavy (non-hydrogen) atoms. The van der Waals surface area contributed by atoms with Crippen molar-refractivity contribution >= 4 is 56.9 Å². The molecule has 0 saturated carbocycles. The van der Waals surface area contributed by atoms with Gasteiger partial charge in [0, 0.05) is 35.2 Å². The van der Waals surface area contributed by atoms with E-state index in [0.29, 0.717) is 35.6 Å². The van der Waals surface area contributed by atoms with Crippen LogP contribution in [-0.2, 0) is 12.4 Å². The lowest BCUT2D eigenvalue weighted by molar-refractivity contribution is -0.138. The lowest BCUT2D eigenvalue weighted by atomic mass is 9.94. The normalized spacial score (nSPS) is 12.3. The zero-order chi connectivity index (χ0) is 56.7. The molecule has 4 nitrogen and oxygen atoms in total. The topological polar surface area (TPSA) is 32.3 Å². The fraction of sp³-hybridized carbons (Fsp3) is 0.194. The van der Waals surface area contributed by atoms with Gasteiger partial charge < -0.3 is 9.80 Å². The summed E-state index contributed by atoms with van der Waals surface area (Å²) >= 11 is 1.75. The van der Waals surface area contributed by atoms with E-state index < -0.39 is 23.5 Å². The van der Waals surface area contributed by atoms with Crippen molar-refractivity contribution in [1.82, 2.24) is 9.97 Å². The second-order valence-electron chi connectivity index (χ2n) is 17.4. The van der Waals surface area contributed by atoms with E-state index in [0.717, 1.165) is 40.1 Å². The van der Waals surface area contributed by atoms with Gasteiger partial charge in [-0.3, -0.25) is 9.97 Å². The first-order valence-corrected chi connectivity index (χ1v) is 27.5. The molecule has 2 aromatic heterocycles. The summed E-state index contributed by atoms with van der Waals surface area (Å²) in [6.07, 6.45) is 9.01. The van der Waals surface area contributed by atoms with Gasteiger partial charge in [0.2, 0.25) is 0 Å². The fourth-order valence-electron chi connectivity index (χ4n) is 8.50. The minimum Gasteiger partial charge on any atom is -0.313 e. The average molecular weight is 1080 g/mol. The molecule has 0 unspecified atom stereocenters. The lowest BCUT2D eigenvalue weighted by Gasteiger charge is -2.30. The van der Waals surface area contributed by atoms with Gasteiger partial charge in [-0.15, -0.1) is 0 Å². The van der Waals surface area contributed by atoms with Crippen LogP contribution in [0.5, 0.6) is 0 Å². The summed E-state index contributed by atoms with van der Waals surface area (Å²) in [5.41, 5.74) is 7.11. The minimum absolute atomic E-state index is 0.0906. The summed E-state index contributed by atoms with van der Waals surface area (Å²) in [7, 11) is 0. The van der Waals surface area contributed by atoms with Crippen LogP contribution in [-0.4, -0.2) is 22.5 Å². The smallest absolute Gasteiger partial charge is 0.313 e. The lowest BCUT2D eigenvalue weighted by Crippen LogP contribution is -2.19. The first-order chi connectivity index (χ1) is 37.7. The van der Waals surface area contributed by atoms with E-state index in [9.17, 15) is 26.3 Å². The van der Waals surface area contributed by atoms with Crippen LogP contribution < -0.4 is 9.80 Å². The van der Waals surface area contributed by atoms with Crippen LogP contribution in [0.25, 0.3) is 27.8 Å². The number of aromatic nitrogens is 2. The molecule has 8 aromatic rings. The van der Waals surface area contributed by atoms with Gasteiger partial charge in [-0.25, -0.2) is 0 Å². The molecule has 1 aliphatic rings. The van der Waals surface area contributed by atoms with E-state index in [1.807, 2.05) is 155 Å². The molecule has 0 radical (unpaired) electrons. The Labute approximate surface area is 462 Å². The third-order valence-corrected chi connectivity index (χ3v) is 12.1. The molecule has 0 fully saturated rings. The molecule has 11 heteroatoms. The number of benzene rings is 6. The number of pyridine rings is 2. The standard InChI is InChI=1S/C54H42F6N4.C7H8.C2H6S.2C2H6/c1-37(49-29-27-45(33-51(49)53(55,56)57)63(47-15-9-31-61-35-47)43-23-19-41(20-24-43)39-11-5-3-6-12-39)17-18-38(2)50-30-28-46(34-52(50)54(58,59)60)64(48-16-10-32-62-36-48)44-25-21-42(22-26-44)40-13-7-4-8-14-40;1-7-5-3-2-4-6-7;1-3-2;2*1-2/h3-21,23-25,27-36H,22,26H2,1-2H3;2-6H,1H3;1-2H3;2*1-2H3/b37-17+,38-18+;;;;. The Hall–Kier alpha value is -7.89. The van der Waals surface area contributed by atoms with Crippen LogP contribution in [0.15, 0.2) is 231 Å². The van der Waals surface area contributed by atoms with Gasteiger partial charge in [0.15, 0.2) is 0 Å². The zero-order valence-electron chi connectivity index (χ0n) is 45.7. The van der Waals surface area contributed by atoms with Crippen molar-refractivity contribution in [3.63, 3.8) is 0 Å². The number of hydrogen-bond acceptors (Lipinski definition) is 5. The number of anilines is 5. The zero-order valence-corrected chi connectivity index (χ0v) is 46.6. The Morgan fingerprint density at radius 3 is 1.27 bits per heavy atom. The van der Waals surface area contributed by atoms with Crippen molar-refractivity contribution in [3.8, 4) is 11.1 Å². The first kappa shape index (κ1) is 61.0. The summed E-state index contributed by atoms with van der Waals surface area (Å²) in [4.78, 5) is 12.0. The molecule has 0 aliphatic heterocycles. The molecular formula is C67H68F6N4S. The maximum absolute atomic E-state index is 15.0. The van der Waals surface area contributed by atoms with Crippen LogP contribution in [0.4, 0.5) is 54.8 Å². The van der Waals surface area contributed by atoms with Gasteiger partial charge in [0.1, 0.15) is 0 Å². The van der Waals surface area contributed by atoms with Crippen LogP contribution >= 0.6 is 11.8 Å².